The molecule has 4 rings (SSSR count). The number of nitro groups is 1. The van der Waals surface area contributed by atoms with Crippen molar-refractivity contribution in [2.75, 3.05) is 6.61 Å². The Morgan fingerprint density at radius 2 is 2.06 bits per heavy atom. The van der Waals surface area contributed by atoms with Gasteiger partial charge in [-0.05, 0) is 26.0 Å². The van der Waals surface area contributed by atoms with E-state index in [-0.39, 0.29) is 16.8 Å². The Hall–Kier alpha value is -4.06. The van der Waals surface area contributed by atoms with Crippen molar-refractivity contribution in [3.8, 4) is 5.13 Å². The van der Waals surface area contributed by atoms with E-state index in [4.69, 9.17) is 9.15 Å². The Labute approximate surface area is 183 Å². The smallest absolute Gasteiger partial charge is 0.420 e. The van der Waals surface area contributed by atoms with Gasteiger partial charge in [-0.1, -0.05) is 0 Å². The van der Waals surface area contributed by atoms with Crippen molar-refractivity contribution >= 4 is 39.9 Å². The molecule has 0 amide bonds. The molecule has 0 unspecified atom stereocenters. The number of benzene rings is 1. The van der Waals surface area contributed by atoms with Crippen molar-refractivity contribution in [1.82, 2.24) is 14.1 Å². The number of rotatable bonds is 7. The zero-order chi connectivity index (χ0) is 23.0. The normalized spacial score (nSPS) is 11.1. The number of esters is 1. The summed E-state index contributed by atoms with van der Waals surface area (Å²) in [4.78, 5) is 51.4. The molecule has 4 aromatic rings. The third-order valence-corrected chi connectivity index (χ3v) is 5.61. The van der Waals surface area contributed by atoms with Gasteiger partial charge in [0, 0.05) is 34.6 Å². The van der Waals surface area contributed by atoms with E-state index in [0.717, 1.165) is 21.5 Å². The van der Waals surface area contributed by atoms with E-state index in [1.807, 2.05) is 16.9 Å². The van der Waals surface area contributed by atoms with E-state index < -0.39 is 35.6 Å². The number of ether oxygens (including phenoxy) is 1. The fraction of sp³-hybridized carbons (Fsp3) is 0.200. The molecule has 11 nitrogen and oxygen atoms in total. The van der Waals surface area contributed by atoms with Gasteiger partial charge in [0.15, 0.2) is 17.3 Å². The highest BCUT2D eigenvalue weighted by Gasteiger charge is 2.21. The van der Waals surface area contributed by atoms with Gasteiger partial charge in [-0.25, -0.2) is 9.78 Å². The molecular weight excluding hydrogens is 440 g/mol. The number of carbonyl (C=O) groups excluding carboxylic acids is 2. The number of aromatic nitrogens is 3. The van der Waals surface area contributed by atoms with Crippen LogP contribution in [0.4, 0.5) is 5.69 Å². The Bertz CT molecular complexity index is 1410. The number of thiazole rings is 1. The van der Waals surface area contributed by atoms with Crippen LogP contribution in [0.3, 0.4) is 0 Å². The van der Waals surface area contributed by atoms with Crippen molar-refractivity contribution in [3.63, 3.8) is 0 Å². The number of nitrogens with zero attached hydrogens (tertiary/aromatic N) is 4. The lowest BCUT2D eigenvalue weighted by Gasteiger charge is -2.06. The predicted molar refractivity (Wildman–Crippen MR) is 113 cm³/mol. The molecular formula is C20H16N4O7S. The van der Waals surface area contributed by atoms with Crippen molar-refractivity contribution in [3.05, 3.63) is 73.5 Å². The summed E-state index contributed by atoms with van der Waals surface area (Å²) in [6.45, 7) is 2.61. The van der Waals surface area contributed by atoms with E-state index in [1.165, 1.54) is 23.5 Å². The molecule has 3 heterocycles. The molecule has 0 saturated heterocycles. The summed E-state index contributed by atoms with van der Waals surface area (Å²) in [5.74, 6) is -2.08. The number of ketones is 1. The number of carbonyl (C=O) groups is 2. The van der Waals surface area contributed by atoms with Gasteiger partial charge < -0.3 is 9.15 Å². The van der Waals surface area contributed by atoms with Crippen LogP contribution >= 0.6 is 11.3 Å². The minimum absolute atomic E-state index is 0.0253. The highest BCUT2D eigenvalue weighted by molar-refractivity contribution is 7.12. The second-order valence-electron chi connectivity index (χ2n) is 6.88. The van der Waals surface area contributed by atoms with Gasteiger partial charge in [0.25, 0.3) is 5.69 Å². The lowest BCUT2D eigenvalue weighted by atomic mass is 10.1. The van der Waals surface area contributed by atoms with Crippen LogP contribution in [0.5, 0.6) is 0 Å². The molecule has 0 spiro atoms. The summed E-state index contributed by atoms with van der Waals surface area (Å²) >= 11 is 1.43. The Kier molecular flexibility index (Phi) is 5.45. The lowest BCUT2D eigenvalue weighted by Crippen LogP contribution is -2.23. The van der Waals surface area contributed by atoms with Crippen LogP contribution in [0, 0.1) is 24.0 Å². The summed E-state index contributed by atoms with van der Waals surface area (Å²) in [6.07, 6.45) is 1.67. The van der Waals surface area contributed by atoms with Crippen LogP contribution < -0.4 is 5.76 Å². The fourth-order valence-electron chi connectivity index (χ4n) is 3.38. The third kappa shape index (κ3) is 3.83. The van der Waals surface area contributed by atoms with Gasteiger partial charge in [0.2, 0.25) is 5.78 Å². The second-order valence-corrected chi connectivity index (χ2v) is 7.76. The molecule has 32 heavy (non-hydrogen) atoms. The van der Waals surface area contributed by atoms with E-state index in [2.05, 4.69) is 4.98 Å². The first kappa shape index (κ1) is 21.2. The number of non-ortho nitro benzene ring substituents is 1. The van der Waals surface area contributed by atoms with Crippen LogP contribution in [0.2, 0.25) is 0 Å². The van der Waals surface area contributed by atoms with E-state index in [1.54, 1.807) is 19.2 Å². The maximum Gasteiger partial charge on any atom is 0.420 e. The summed E-state index contributed by atoms with van der Waals surface area (Å²) < 4.78 is 12.9. The first-order chi connectivity index (χ1) is 15.3. The second kappa shape index (κ2) is 8.23. The van der Waals surface area contributed by atoms with E-state index >= 15 is 0 Å². The monoisotopic (exact) mass is 456 g/mol. The molecule has 12 heteroatoms. The average Bonchev–Trinajstić information content (AvgIpc) is 3.44. The largest absolute Gasteiger partial charge is 0.456 e. The highest BCUT2D eigenvalue weighted by atomic mass is 32.1. The van der Waals surface area contributed by atoms with Gasteiger partial charge in [0.05, 0.1) is 16.5 Å². The van der Waals surface area contributed by atoms with Gasteiger partial charge in [-0.3, -0.25) is 28.8 Å². The first-order valence-electron chi connectivity index (χ1n) is 9.31. The van der Waals surface area contributed by atoms with Crippen molar-refractivity contribution < 1.29 is 23.7 Å². The molecule has 0 atom stereocenters. The van der Waals surface area contributed by atoms with Gasteiger partial charge in [0.1, 0.15) is 6.54 Å². The zero-order valence-electron chi connectivity index (χ0n) is 16.9. The molecule has 0 radical (unpaired) electrons. The summed E-state index contributed by atoms with van der Waals surface area (Å²) in [6, 6.07) is 5.30. The number of aryl methyl sites for hydroxylation is 1. The maximum absolute atomic E-state index is 12.6. The fourth-order valence-corrected chi connectivity index (χ4v) is 4.13. The van der Waals surface area contributed by atoms with E-state index in [0.29, 0.717) is 11.3 Å². The number of oxazole rings is 1. The molecule has 0 aliphatic heterocycles. The quantitative estimate of drug-likeness (QED) is 0.179. The summed E-state index contributed by atoms with van der Waals surface area (Å²) in [5.41, 5.74) is 1.83. The summed E-state index contributed by atoms with van der Waals surface area (Å²) in [5, 5.41) is 13.4. The number of Topliss-reactive ketones (excluding diaryl/α,β-unsaturated/α-hetero) is 1. The van der Waals surface area contributed by atoms with Crippen molar-refractivity contribution in [1.29, 1.82) is 0 Å². The SMILES string of the molecule is Cc1cc(C(=O)COC(=O)Cn2c(=O)oc3cc([N+](=O)[O-])ccc32)c(C)n1-c1nccs1. The molecule has 0 aliphatic rings. The molecule has 0 bridgehead atoms. The molecule has 1 aromatic carbocycles. The number of hydrogen-bond donors (Lipinski definition) is 0. The van der Waals surface area contributed by atoms with Crippen molar-refractivity contribution in [2.24, 2.45) is 0 Å². The van der Waals surface area contributed by atoms with Crippen LogP contribution in [0.1, 0.15) is 21.7 Å². The Morgan fingerprint density at radius 3 is 2.75 bits per heavy atom. The molecule has 0 N–H and O–H groups in total. The highest BCUT2D eigenvalue weighted by Crippen LogP contribution is 2.23. The van der Waals surface area contributed by atoms with Crippen LogP contribution in [0.25, 0.3) is 16.2 Å². The third-order valence-electron chi connectivity index (χ3n) is 4.86. The Morgan fingerprint density at radius 1 is 1.28 bits per heavy atom. The zero-order valence-corrected chi connectivity index (χ0v) is 17.7. The van der Waals surface area contributed by atoms with Crippen LogP contribution in [0.15, 0.2) is 45.1 Å². The van der Waals surface area contributed by atoms with Crippen molar-refractivity contribution in [2.45, 2.75) is 20.4 Å². The molecule has 0 saturated carbocycles. The number of fused-ring (bicyclic) bond motifs is 1. The van der Waals surface area contributed by atoms with E-state index in [9.17, 15) is 24.5 Å². The first-order valence-corrected chi connectivity index (χ1v) is 10.2. The van der Waals surface area contributed by atoms with Gasteiger partial charge in [-0.2, -0.15) is 0 Å². The topological polar surface area (TPSA) is 139 Å². The van der Waals surface area contributed by atoms with Gasteiger partial charge in [-0.15, -0.1) is 11.3 Å². The van der Waals surface area contributed by atoms with Gasteiger partial charge >= 0.3 is 11.7 Å². The maximum atomic E-state index is 12.6. The number of hydrogen-bond acceptors (Lipinski definition) is 9. The minimum Gasteiger partial charge on any atom is -0.456 e. The molecule has 164 valence electrons. The van der Waals surface area contributed by atoms with Crippen LogP contribution in [-0.4, -0.2) is 37.4 Å². The predicted octanol–water partition coefficient (Wildman–Crippen LogP) is 2.79. The molecule has 0 fully saturated rings. The standard InChI is InChI=1S/C20H16N4O7S/c1-11-7-14(12(2)23(11)19-21-5-6-32-19)16(25)10-30-18(26)9-22-15-4-3-13(24(28)29)8-17(15)31-20(22)27/h3-8H,9-10H2,1-2H3. The Balaban J connectivity index is 1.47. The molecule has 0 aliphatic carbocycles. The lowest BCUT2D eigenvalue weighted by molar-refractivity contribution is -0.384. The average molecular weight is 456 g/mol. The summed E-state index contributed by atoms with van der Waals surface area (Å²) in [7, 11) is 0. The van der Waals surface area contributed by atoms with Crippen LogP contribution in [-0.2, 0) is 16.1 Å². The minimum atomic E-state index is -0.865. The number of nitro benzene ring substituents is 1. The molecule has 3 aromatic heterocycles.